The molecule has 0 bridgehead atoms. The topological polar surface area (TPSA) is 44.1 Å². The zero-order chi connectivity index (χ0) is 20.4. The van der Waals surface area contributed by atoms with Gasteiger partial charge in [-0.15, -0.1) is 11.3 Å². The number of hydrogen-bond donors (Lipinski definition) is 0. The van der Waals surface area contributed by atoms with Crippen LogP contribution in [-0.4, -0.2) is 22.6 Å². The number of thiophene rings is 1. The van der Waals surface area contributed by atoms with Crippen LogP contribution in [0.3, 0.4) is 0 Å². The fraction of sp³-hybridized carbons (Fsp3) is 0.182. The lowest BCUT2D eigenvalue weighted by Crippen LogP contribution is -2.12. The van der Waals surface area contributed by atoms with E-state index in [-0.39, 0.29) is 18.3 Å². The van der Waals surface area contributed by atoms with Gasteiger partial charge in [0.15, 0.2) is 0 Å². The molecule has 148 valence electrons. The molecule has 0 amide bonds. The number of fused-ring (bicyclic) bond motifs is 1. The standard InChI is InChI=1S/C22H19FN2O2S2/c1-14-17(12-21-20(7-10-28-21)29-16-5-8-24-9-6-16)18-11-15(23)3-4-19(18)25(14)13-22(26)27-2/h3-11H,12-13H2,1-2H3. The van der Waals surface area contributed by atoms with Gasteiger partial charge in [0, 0.05) is 50.1 Å². The normalized spacial score (nSPS) is 11.1. The Kier molecular flexibility index (Phi) is 5.69. The van der Waals surface area contributed by atoms with Gasteiger partial charge in [0.2, 0.25) is 0 Å². The summed E-state index contributed by atoms with van der Waals surface area (Å²) >= 11 is 3.37. The summed E-state index contributed by atoms with van der Waals surface area (Å²) in [7, 11) is 1.37. The van der Waals surface area contributed by atoms with Gasteiger partial charge >= 0.3 is 5.97 Å². The molecule has 0 spiro atoms. The number of rotatable bonds is 6. The van der Waals surface area contributed by atoms with E-state index >= 15 is 0 Å². The van der Waals surface area contributed by atoms with Crippen LogP contribution in [0.4, 0.5) is 4.39 Å². The third-order valence-corrected chi connectivity index (χ3v) is 7.01. The zero-order valence-corrected chi connectivity index (χ0v) is 17.6. The van der Waals surface area contributed by atoms with Crippen molar-refractivity contribution >= 4 is 40.0 Å². The Balaban J connectivity index is 1.74. The summed E-state index contributed by atoms with van der Waals surface area (Å²) in [5, 5.41) is 2.90. The number of pyridine rings is 1. The molecular formula is C22H19FN2O2S2. The van der Waals surface area contributed by atoms with Crippen LogP contribution >= 0.6 is 23.1 Å². The number of carbonyl (C=O) groups is 1. The van der Waals surface area contributed by atoms with Gasteiger partial charge in [0.1, 0.15) is 12.4 Å². The second-order valence-corrected chi connectivity index (χ2v) is 8.67. The molecular weight excluding hydrogens is 407 g/mol. The quantitative estimate of drug-likeness (QED) is 0.384. The molecule has 1 aromatic carbocycles. The Morgan fingerprint density at radius 1 is 1.24 bits per heavy atom. The fourth-order valence-electron chi connectivity index (χ4n) is 3.39. The maximum Gasteiger partial charge on any atom is 0.325 e. The van der Waals surface area contributed by atoms with Gasteiger partial charge in [0.05, 0.1) is 7.11 Å². The molecule has 0 aliphatic carbocycles. The third-order valence-electron chi connectivity index (χ3n) is 4.85. The van der Waals surface area contributed by atoms with Gasteiger partial charge in [-0.3, -0.25) is 9.78 Å². The first kappa shape index (κ1) is 19.7. The maximum atomic E-state index is 14.0. The summed E-state index contributed by atoms with van der Waals surface area (Å²) < 4.78 is 20.8. The number of hydrogen-bond acceptors (Lipinski definition) is 5. The summed E-state index contributed by atoms with van der Waals surface area (Å²) in [6, 6.07) is 10.8. The number of esters is 1. The van der Waals surface area contributed by atoms with E-state index in [1.54, 1.807) is 47.6 Å². The highest BCUT2D eigenvalue weighted by Crippen LogP contribution is 2.37. The van der Waals surface area contributed by atoms with Gasteiger partial charge in [-0.1, -0.05) is 11.8 Å². The van der Waals surface area contributed by atoms with Crippen LogP contribution in [0.1, 0.15) is 16.1 Å². The predicted octanol–water partition coefficient (Wildman–Crippen LogP) is 5.46. The van der Waals surface area contributed by atoms with Crippen molar-refractivity contribution in [3.63, 3.8) is 0 Å². The minimum atomic E-state index is -0.328. The number of aromatic nitrogens is 2. The van der Waals surface area contributed by atoms with Crippen LogP contribution in [0.15, 0.2) is 64.0 Å². The molecule has 4 aromatic rings. The van der Waals surface area contributed by atoms with Crippen LogP contribution in [0.5, 0.6) is 0 Å². The zero-order valence-electron chi connectivity index (χ0n) is 16.0. The molecule has 3 heterocycles. The van der Waals surface area contributed by atoms with E-state index in [9.17, 15) is 9.18 Å². The summed E-state index contributed by atoms with van der Waals surface area (Å²) in [4.78, 5) is 19.5. The largest absolute Gasteiger partial charge is 0.468 e. The molecule has 29 heavy (non-hydrogen) atoms. The molecule has 7 heteroatoms. The number of methoxy groups -OCH3 is 1. The molecule has 4 nitrogen and oxygen atoms in total. The van der Waals surface area contributed by atoms with Crippen molar-refractivity contribution in [1.29, 1.82) is 0 Å². The van der Waals surface area contributed by atoms with Crippen molar-refractivity contribution in [3.8, 4) is 0 Å². The second kappa shape index (κ2) is 8.39. The number of nitrogens with zero attached hydrogens (tertiary/aromatic N) is 2. The van der Waals surface area contributed by atoms with E-state index < -0.39 is 0 Å². The molecule has 0 atom stereocenters. The molecule has 0 N–H and O–H groups in total. The van der Waals surface area contributed by atoms with E-state index in [2.05, 4.69) is 16.4 Å². The van der Waals surface area contributed by atoms with Gasteiger partial charge in [-0.05, 0) is 54.3 Å². The number of halogens is 1. The van der Waals surface area contributed by atoms with Crippen LogP contribution in [0.2, 0.25) is 0 Å². The van der Waals surface area contributed by atoms with E-state index in [4.69, 9.17) is 4.74 Å². The summed E-state index contributed by atoms with van der Waals surface area (Å²) in [5.41, 5.74) is 2.82. The first-order valence-corrected chi connectivity index (χ1v) is 10.7. The highest BCUT2D eigenvalue weighted by molar-refractivity contribution is 7.99. The maximum absolute atomic E-state index is 14.0. The molecule has 0 aliphatic heterocycles. The van der Waals surface area contributed by atoms with Gasteiger partial charge in [-0.2, -0.15) is 0 Å². The molecule has 0 aliphatic rings. The number of benzene rings is 1. The Morgan fingerprint density at radius 2 is 2.03 bits per heavy atom. The Hall–Kier alpha value is -2.64. The summed E-state index contributed by atoms with van der Waals surface area (Å²) in [6.07, 6.45) is 4.23. The van der Waals surface area contributed by atoms with Crippen LogP contribution in [-0.2, 0) is 22.5 Å². The van der Waals surface area contributed by atoms with Crippen molar-refractivity contribution in [3.05, 3.63) is 76.1 Å². The van der Waals surface area contributed by atoms with E-state index in [0.717, 1.165) is 27.1 Å². The van der Waals surface area contributed by atoms with Crippen molar-refractivity contribution < 1.29 is 13.9 Å². The first-order chi connectivity index (χ1) is 14.1. The first-order valence-electron chi connectivity index (χ1n) is 9.05. The van der Waals surface area contributed by atoms with E-state index in [1.807, 2.05) is 23.6 Å². The SMILES string of the molecule is COC(=O)Cn1c(C)c(Cc2sccc2Sc2ccncc2)c2cc(F)ccc21. The van der Waals surface area contributed by atoms with Crippen LogP contribution in [0, 0.1) is 12.7 Å². The number of carbonyl (C=O) groups excluding carboxylic acids is 1. The predicted molar refractivity (Wildman–Crippen MR) is 114 cm³/mol. The minimum absolute atomic E-state index is 0.105. The molecule has 4 rings (SSSR count). The highest BCUT2D eigenvalue weighted by atomic mass is 32.2. The summed E-state index contributed by atoms with van der Waals surface area (Å²) in [6.45, 7) is 2.08. The van der Waals surface area contributed by atoms with E-state index in [1.165, 1.54) is 22.9 Å². The Bertz CT molecular complexity index is 1170. The van der Waals surface area contributed by atoms with Crippen LogP contribution in [0.25, 0.3) is 10.9 Å². The molecule has 0 saturated carbocycles. The molecule has 0 unspecified atom stereocenters. The van der Waals surface area contributed by atoms with Crippen LogP contribution < -0.4 is 0 Å². The van der Waals surface area contributed by atoms with Crippen molar-refractivity contribution in [2.24, 2.45) is 0 Å². The highest BCUT2D eigenvalue weighted by Gasteiger charge is 2.19. The van der Waals surface area contributed by atoms with Gasteiger partial charge in [0.25, 0.3) is 0 Å². The lowest BCUT2D eigenvalue weighted by atomic mass is 10.1. The average Bonchev–Trinajstić information content (AvgIpc) is 3.26. The monoisotopic (exact) mass is 426 g/mol. The molecule has 0 radical (unpaired) electrons. The average molecular weight is 427 g/mol. The van der Waals surface area contributed by atoms with Crippen molar-refractivity contribution in [1.82, 2.24) is 9.55 Å². The second-order valence-electron chi connectivity index (χ2n) is 6.56. The Morgan fingerprint density at radius 3 is 2.79 bits per heavy atom. The van der Waals surface area contributed by atoms with Gasteiger partial charge in [-0.25, -0.2) is 4.39 Å². The molecule has 0 fully saturated rings. The number of ether oxygens (including phenoxy) is 1. The Labute approximate surface area is 176 Å². The smallest absolute Gasteiger partial charge is 0.325 e. The molecule has 3 aromatic heterocycles. The van der Waals surface area contributed by atoms with E-state index in [0.29, 0.717) is 6.42 Å². The summed E-state index contributed by atoms with van der Waals surface area (Å²) in [5.74, 6) is -0.613. The van der Waals surface area contributed by atoms with Crippen molar-refractivity contribution in [2.75, 3.05) is 7.11 Å². The van der Waals surface area contributed by atoms with Gasteiger partial charge < -0.3 is 9.30 Å². The fourth-order valence-corrected chi connectivity index (χ4v) is 5.36. The lowest BCUT2D eigenvalue weighted by molar-refractivity contribution is -0.141. The lowest BCUT2D eigenvalue weighted by Gasteiger charge is -2.08. The third kappa shape index (κ3) is 4.06. The minimum Gasteiger partial charge on any atom is -0.468 e. The van der Waals surface area contributed by atoms with Crippen molar-refractivity contribution in [2.45, 2.75) is 29.7 Å². The molecule has 0 saturated heterocycles.